The molecule has 0 N–H and O–H groups in total. The Morgan fingerprint density at radius 1 is 1.17 bits per heavy atom. The number of sulfonamides is 1. The molecular weight excluding hydrogens is 312 g/mol. The summed E-state index contributed by atoms with van der Waals surface area (Å²) in [6.45, 7) is 2.39. The lowest BCUT2D eigenvalue weighted by molar-refractivity contribution is 0.599. The minimum absolute atomic E-state index is 0.218. The van der Waals surface area contributed by atoms with Gasteiger partial charge in [-0.25, -0.2) is 18.4 Å². The molecule has 0 amide bonds. The van der Waals surface area contributed by atoms with Crippen LogP contribution >= 0.6 is 0 Å². The maximum Gasteiger partial charge on any atom is 0.235 e. The Kier molecular flexibility index (Phi) is 3.12. The molecule has 7 heteroatoms. The van der Waals surface area contributed by atoms with Crippen molar-refractivity contribution >= 4 is 26.7 Å². The van der Waals surface area contributed by atoms with Crippen LogP contribution < -0.4 is 4.31 Å². The molecule has 0 radical (unpaired) electrons. The van der Waals surface area contributed by atoms with Crippen molar-refractivity contribution in [2.75, 3.05) is 16.6 Å². The molecular formula is C16H16N4O2S. The van der Waals surface area contributed by atoms with Gasteiger partial charge in [0.05, 0.1) is 11.4 Å². The lowest BCUT2D eigenvalue weighted by Gasteiger charge is -2.18. The summed E-state index contributed by atoms with van der Waals surface area (Å²) in [5, 5.41) is 0.954. The van der Waals surface area contributed by atoms with Crippen LogP contribution in [0.2, 0.25) is 0 Å². The van der Waals surface area contributed by atoms with Gasteiger partial charge in [0.25, 0.3) is 0 Å². The van der Waals surface area contributed by atoms with E-state index in [-0.39, 0.29) is 5.75 Å². The van der Waals surface area contributed by atoms with Gasteiger partial charge in [-0.3, -0.25) is 4.31 Å². The molecule has 0 spiro atoms. The van der Waals surface area contributed by atoms with E-state index < -0.39 is 10.0 Å². The zero-order chi connectivity index (χ0) is 16.0. The summed E-state index contributed by atoms with van der Waals surface area (Å²) in [7, 11) is -3.18. The van der Waals surface area contributed by atoms with Gasteiger partial charge in [0, 0.05) is 30.0 Å². The molecule has 2 aromatic heterocycles. The molecule has 0 aliphatic carbocycles. The van der Waals surface area contributed by atoms with Crippen LogP contribution in [0.5, 0.6) is 0 Å². The summed E-state index contributed by atoms with van der Waals surface area (Å²) in [6.07, 6.45) is 4.39. The highest BCUT2D eigenvalue weighted by Crippen LogP contribution is 2.27. The lowest BCUT2D eigenvalue weighted by atomic mass is 10.2. The Balaban J connectivity index is 1.83. The van der Waals surface area contributed by atoms with Gasteiger partial charge in [0.15, 0.2) is 0 Å². The van der Waals surface area contributed by atoms with E-state index in [1.54, 1.807) is 6.20 Å². The zero-order valence-electron chi connectivity index (χ0n) is 12.7. The average molecular weight is 328 g/mol. The normalized spacial score (nSPS) is 17.0. The highest BCUT2D eigenvalue weighted by Gasteiger charge is 2.28. The van der Waals surface area contributed by atoms with Crippen molar-refractivity contribution in [1.82, 2.24) is 14.5 Å². The summed E-state index contributed by atoms with van der Waals surface area (Å²) in [5.74, 6) is 0.923. The van der Waals surface area contributed by atoms with Gasteiger partial charge in [0.1, 0.15) is 11.5 Å². The second-order valence-electron chi connectivity index (χ2n) is 5.64. The summed E-state index contributed by atoms with van der Waals surface area (Å²) >= 11 is 0. The number of aryl methyl sites for hydroxylation is 1. The molecule has 3 aromatic rings. The van der Waals surface area contributed by atoms with Crippen LogP contribution in [0.25, 0.3) is 16.7 Å². The van der Waals surface area contributed by atoms with Gasteiger partial charge in [-0.15, -0.1) is 0 Å². The number of rotatable bonds is 2. The predicted molar refractivity (Wildman–Crippen MR) is 89.4 cm³/mol. The Morgan fingerprint density at radius 3 is 2.78 bits per heavy atom. The van der Waals surface area contributed by atoms with E-state index in [0.29, 0.717) is 24.5 Å². The van der Waals surface area contributed by atoms with Crippen LogP contribution in [0.3, 0.4) is 0 Å². The minimum Gasteiger partial charge on any atom is -0.301 e. The zero-order valence-corrected chi connectivity index (χ0v) is 13.5. The molecule has 3 heterocycles. The van der Waals surface area contributed by atoms with Crippen molar-refractivity contribution in [1.29, 1.82) is 0 Å². The standard InChI is InChI=1S/C16H16N4O2S/c1-12-17-11-13-6-8-19(16(13)18-12)14-4-2-5-15(10-14)20-7-3-9-23(20,21)22/h2,4-6,8,10-11H,3,7,9H2,1H3. The topological polar surface area (TPSA) is 68.1 Å². The van der Waals surface area contributed by atoms with Gasteiger partial charge in [-0.05, 0) is 37.6 Å². The first-order chi connectivity index (χ1) is 11.0. The Morgan fingerprint density at radius 2 is 2.00 bits per heavy atom. The van der Waals surface area contributed by atoms with Crippen LogP contribution in [0, 0.1) is 6.92 Å². The molecule has 0 atom stereocenters. The van der Waals surface area contributed by atoms with Crippen LogP contribution in [0.4, 0.5) is 5.69 Å². The van der Waals surface area contributed by atoms with Crippen molar-refractivity contribution in [3.63, 3.8) is 0 Å². The molecule has 1 aliphatic rings. The molecule has 0 saturated carbocycles. The third-order valence-corrected chi connectivity index (χ3v) is 5.91. The Labute approximate surface area is 134 Å². The van der Waals surface area contributed by atoms with Crippen LogP contribution in [0.15, 0.2) is 42.7 Å². The lowest BCUT2D eigenvalue weighted by Crippen LogP contribution is -2.25. The van der Waals surface area contributed by atoms with Gasteiger partial charge < -0.3 is 4.57 Å². The first-order valence-electron chi connectivity index (χ1n) is 7.46. The number of benzene rings is 1. The number of aromatic nitrogens is 3. The van der Waals surface area contributed by atoms with Gasteiger partial charge >= 0.3 is 0 Å². The first-order valence-corrected chi connectivity index (χ1v) is 9.07. The minimum atomic E-state index is -3.18. The molecule has 6 nitrogen and oxygen atoms in total. The molecule has 118 valence electrons. The van der Waals surface area contributed by atoms with Crippen molar-refractivity contribution < 1.29 is 8.42 Å². The van der Waals surface area contributed by atoms with Gasteiger partial charge in [-0.1, -0.05) is 6.07 Å². The monoisotopic (exact) mass is 328 g/mol. The molecule has 1 fully saturated rings. The van der Waals surface area contributed by atoms with E-state index in [1.807, 2.05) is 48.0 Å². The number of hydrogen-bond donors (Lipinski definition) is 0. The fraction of sp³-hybridized carbons (Fsp3) is 0.250. The molecule has 1 saturated heterocycles. The quantitative estimate of drug-likeness (QED) is 0.724. The van der Waals surface area contributed by atoms with E-state index >= 15 is 0 Å². The fourth-order valence-electron chi connectivity index (χ4n) is 2.94. The van der Waals surface area contributed by atoms with E-state index in [1.165, 1.54) is 4.31 Å². The van der Waals surface area contributed by atoms with E-state index in [2.05, 4.69) is 9.97 Å². The molecule has 1 aliphatic heterocycles. The van der Waals surface area contributed by atoms with E-state index in [0.717, 1.165) is 16.7 Å². The van der Waals surface area contributed by atoms with Crippen molar-refractivity contribution in [2.45, 2.75) is 13.3 Å². The Hall–Kier alpha value is -2.41. The largest absolute Gasteiger partial charge is 0.301 e. The average Bonchev–Trinajstić information content (AvgIpc) is 3.09. The predicted octanol–water partition coefficient (Wildman–Crippen LogP) is 2.27. The fourth-order valence-corrected chi connectivity index (χ4v) is 4.50. The highest BCUT2D eigenvalue weighted by atomic mass is 32.2. The van der Waals surface area contributed by atoms with Crippen molar-refractivity contribution in [3.8, 4) is 5.69 Å². The van der Waals surface area contributed by atoms with Gasteiger partial charge in [-0.2, -0.15) is 0 Å². The van der Waals surface area contributed by atoms with E-state index in [9.17, 15) is 8.42 Å². The molecule has 4 rings (SSSR count). The van der Waals surface area contributed by atoms with E-state index in [4.69, 9.17) is 0 Å². The third kappa shape index (κ3) is 2.37. The van der Waals surface area contributed by atoms with Crippen LogP contribution in [-0.2, 0) is 10.0 Å². The number of hydrogen-bond acceptors (Lipinski definition) is 4. The van der Waals surface area contributed by atoms with Crippen LogP contribution in [-0.4, -0.2) is 35.3 Å². The first kappa shape index (κ1) is 14.2. The second kappa shape index (κ2) is 5.06. The highest BCUT2D eigenvalue weighted by molar-refractivity contribution is 7.93. The smallest absolute Gasteiger partial charge is 0.235 e. The molecule has 0 bridgehead atoms. The molecule has 23 heavy (non-hydrogen) atoms. The summed E-state index contributed by atoms with van der Waals surface area (Å²) < 4.78 is 27.7. The number of anilines is 1. The van der Waals surface area contributed by atoms with Crippen LogP contribution in [0.1, 0.15) is 12.2 Å². The second-order valence-corrected chi connectivity index (χ2v) is 7.66. The molecule has 0 unspecified atom stereocenters. The summed E-state index contributed by atoms with van der Waals surface area (Å²) in [6, 6.07) is 9.49. The maximum absolute atomic E-state index is 12.1. The maximum atomic E-state index is 12.1. The third-order valence-electron chi connectivity index (χ3n) is 4.04. The van der Waals surface area contributed by atoms with Gasteiger partial charge in [0.2, 0.25) is 10.0 Å². The van der Waals surface area contributed by atoms with Crippen molar-refractivity contribution in [2.24, 2.45) is 0 Å². The Bertz CT molecular complexity index is 994. The number of fused-ring (bicyclic) bond motifs is 1. The number of nitrogens with zero attached hydrogens (tertiary/aromatic N) is 4. The summed E-state index contributed by atoms with van der Waals surface area (Å²) in [4.78, 5) is 8.69. The van der Waals surface area contributed by atoms with Crippen molar-refractivity contribution in [3.05, 3.63) is 48.5 Å². The SMILES string of the molecule is Cc1ncc2ccn(-c3cccc(N4CCCS4(=O)=O)c3)c2n1. The summed E-state index contributed by atoms with van der Waals surface area (Å²) in [5.41, 5.74) is 2.41. The molecule has 1 aromatic carbocycles.